The number of nitrogens with zero attached hydrogens (tertiary/aromatic N) is 1. The lowest BCUT2D eigenvalue weighted by Gasteiger charge is -2.10. The average molecular weight is 269 g/mol. The Balaban J connectivity index is 2.58. The van der Waals surface area contributed by atoms with Crippen molar-refractivity contribution in [3.05, 3.63) is 58.9 Å². The van der Waals surface area contributed by atoms with Crippen LogP contribution >= 0.6 is 0 Å². The summed E-state index contributed by atoms with van der Waals surface area (Å²) < 4.78 is 14.4. The molecular formula is C16H12FNO2. The fraction of sp³-hybridized carbons (Fsp3) is 0.125. The van der Waals surface area contributed by atoms with Crippen LogP contribution in [-0.4, -0.2) is 11.1 Å². The highest BCUT2D eigenvalue weighted by atomic mass is 19.1. The van der Waals surface area contributed by atoms with Gasteiger partial charge in [-0.15, -0.1) is 0 Å². The second-order valence-electron chi connectivity index (χ2n) is 4.30. The summed E-state index contributed by atoms with van der Waals surface area (Å²) in [5, 5.41) is 17.8. The van der Waals surface area contributed by atoms with Gasteiger partial charge in [0.2, 0.25) is 0 Å². The molecule has 4 heteroatoms. The Bertz CT molecular complexity index is 700. The van der Waals surface area contributed by atoms with Gasteiger partial charge >= 0.3 is 5.97 Å². The van der Waals surface area contributed by atoms with Gasteiger partial charge in [-0.05, 0) is 30.2 Å². The lowest BCUT2D eigenvalue weighted by molar-refractivity contribution is 0.0695. The van der Waals surface area contributed by atoms with Gasteiger partial charge < -0.3 is 5.11 Å². The zero-order valence-corrected chi connectivity index (χ0v) is 10.9. The summed E-state index contributed by atoms with van der Waals surface area (Å²) in [4.78, 5) is 11.1. The number of carbonyl (C=O) groups is 1. The monoisotopic (exact) mass is 269 g/mol. The fourth-order valence-corrected chi connectivity index (χ4v) is 2.11. The van der Waals surface area contributed by atoms with Crippen molar-refractivity contribution in [2.75, 3.05) is 0 Å². The normalized spacial score (nSPS) is 10.1. The smallest absolute Gasteiger partial charge is 0.336 e. The second kappa shape index (κ2) is 5.54. The molecule has 0 aliphatic heterocycles. The molecule has 0 spiro atoms. The molecule has 0 aliphatic carbocycles. The van der Waals surface area contributed by atoms with Gasteiger partial charge in [-0.1, -0.05) is 25.1 Å². The van der Waals surface area contributed by atoms with Gasteiger partial charge in [-0.25, -0.2) is 9.18 Å². The van der Waals surface area contributed by atoms with E-state index in [-0.39, 0.29) is 11.1 Å². The average Bonchev–Trinajstić information content (AvgIpc) is 2.47. The molecule has 0 atom stereocenters. The number of halogens is 1. The van der Waals surface area contributed by atoms with Gasteiger partial charge in [-0.2, -0.15) is 5.26 Å². The van der Waals surface area contributed by atoms with Crippen LogP contribution < -0.4 is 0 Å². The van der Waals surface area contributed by atoms with Crippen molar-refractivity contribution in [2.45, 2.75) is 13.3 Å². The maximum absolute atomic E-state index is 14.4. The van der Waals surface area contributed by atoms with Crippen LogP contribution in [-0.2, 0) is 6.42 Å². The van der Waals surface area contributed by atoms with Crippen molar-refractivity contribution in [3.8, 4) is 17.2 Å². The SMILES string of the molecule is CCc1c(C(=O)O)ccc(-c2ccc(C#N)cc2)c1F. The maximum atomic E-state index is 14.4. The number of rotatable bonds is 3. The molecule has 0 heterocycles. The molecule has 2 aromatic rings. The Labute approximate surface area is 115 Å². The quantitative estimate of drug-likeness (QED) is 0.925. The highest BCUT2D eigenvalue weighted by molar-refractivity contribution is 5.90. The molecule has 20 heavy (non-hydrogen) atoms. The molecule has 0 unspecified atom stereocenters. The summed E-state index contributed by atoms with van der Waals surface area (Å²) >= 11 is 0. The summed E-state index contributed by atoms with van der Waals surface area (Å²) in [6.07, 6.45) is 0.303. The minimum Gasteiger partial charge on any atom is -0.478 e. The fourth-order valence-electron chi connectivity index (χ4n) is 2.11. The number of benzene rings is 2. The largest absolute Gasteiger partial charge is 0.478 e. The van der Waals surface area contributed by atoms with Crippen LogP contribution in [0.2, 0.25) is 0 Å². The van der Waals surface area contributed by atoms with Crippen molar-refractivity contribution in [2.24, 2.45) is 0 Å². The van der Waals surface area contributed by atoms with Crippen LogP contribution in [0.1, 0.15) is 28.4 Å². The summed E-state index contributed by atoms with van der Waals surface area (Å²) in [5.74, 6) is -1.65. The van der Waals surface area contributed by atoms with Crippen molar-refractivity contribution >= 4 is 5.97 Å². The zero-order valence-electron chi connectivity index (χ0n) is 10.9. The van der Waals surface area contributed by atoms with Crippen LogP contribution in [0.3, 0.4) is 0 Å². The van der Waals surface area contributed by atoms with Crippen LogP contribution in [0.15, 0.2) is 36.4 Å². The second-order valence-corrected chi connectivity index (χ2v) is 4.30. The minimum absolute atomic E-state index is 0.0117. The topological polar surface area (TPSA) is 61.1 Å². The maximum Gasteiger partial charge on any atom is 0.336 e. The van der Waals surface area contributed by atoms with E-state index in [0.717, 1.165) is 0 Å². The Kier molecular flexibility index (Phi) is 3.81. The Morgan fingerprint density at radius 1 is 1.25 bits per heavy atom. The predicted octanol–water partition coefficient (Wildman–Crippen LogP) is 3.62. The van der Waals surface area contributed by atoms with Crippen LogP contribution in [0.5, 0.6) is 0 Å². The molecular weight excluding hydrogens is 257 g/mol. The first kappa shape index (κ1) is 13.8. The molecule has 0 aromatic heterocycles. The van der Waals surface area contributed by atoms with Crippen LogP contribution in [0, 0.1) is 17.1 Å². The highest BCUT2D eigenvalue weighted by Gasteiger charge is 2.17. The summed E-state index contributed by atoms with van der Waals surface area (Å²) in [7, 11) is 0. The van der Waals surface area contributed by atoms with E-state index in [1.54, 1.807) is 31.2 Å². The number of carboxylic acids is 1. The standard InChI is InChI=1S/C16H12FNO2/c1-2-12-14(16(19)20)8-7-13(15(12)17)11-5-3-10(9-18)4-6-11/h3-8H,2H2,1H3,(H,19,20). The summed E-state index contributed by atoms with van der Waals surface area (Å²) in [5.41, 5.74) is 1.64. The number of aromatic carboxylic acids is 1. The van der Waals surface area contributed by atoms with E-state index in [9.17, 15) is 9.18 Å². The summed E-state index contributed by atoms with van der Waals surface area (Å²) in [6.45, 7) is 1.72. The van der Waals surface area contributed by atoms with Gasteiger partial charge in [0.05, 0.1) is 17.2 Å². The van der Waals surface area contributed by atoms with E-state index in [1.165, 1.54) is 12.1 Å². The molecule has 100 valence electrons. The van der Waals surface area contributed by atoms with E-state index in [0.29, 0.717) is 23.1 Å². The Morgan fingerprint density at radius 2 is 1.90 bits per heavy atom. The van der Waals surface area contributed by atoms with E-state index in [4.69, 9.17) is 10.4 Å². The molecule has 2 rings (SSSR count). The van der Waals surface area contributed by atoms with E-state index >= 15 is 0 Å². The van der Waals surface area contributed by atoms with E-state index in [1.807, 2.05) is 6.07 Å². The summed E-state index contributed by atoms with van der Waals surface area (Å²) in [6, 6.07) is 11.4. The molecule has 2 aromatic carbocycles. The third-order valence-electron chi connectivity index (χ3n) is 3.15. The first-order valence-corrected chi connectivity index (χ1v) is 6.13. The number of nitriles is 1. The molecule has 0 aliphatic rings. The van der Waals surface area contributed by atoms with E-state index < -0.39 is 11.8 Å². The van der Waals surface area contributed by atoms with Gasteiger partial charge in [0.15, 0.2) is 0 Å². The van der Waals surface area contributed by atoms with Crippen molar-refractivity contribution < 1.29 is 14.3 Å². The highest BCUT2D eigenvalue weighted by Crippen LogP contribution is 2.28. The van der Waals surface area contributed by atoms with Gasteiger partial charge in [0.25, 0.3) is 0 Å². The molecule has 0 saturated heterocycles. The third-order valence-corrected chi connectivity index (χ3v) is 3.15. The number of carboxylic acid groups (broad SMARTS) is 1. The third kappa shape index (κ3) is 2.39. The lowest BCUT2D eigenvalue weighted by Crippen LogP contribution is -2.05. The lowest BCUT2D eigenvalue weighted by atomic mass is 9.96. The molecule has 0 radical (unpaired) electrons. The predicted molar refractivity (Wildman–Crippen MR) is 72.9 cm³/mol. The first-order valence-electron chi connectivity index (χ1n) is 6.13. The molecule has 0 bridgehead atoms. The molecule has 0 amide bonds. The van der Waals surface area contributed by atoms with Crippen molar-refractivity contribution in [1.82, 2.24) is 0 Å². The Morgan fingerprint density at radius 3 is 2.40 bits per heavy atom. The molecule has 0 saturated carbocycles. The van der Waals surface area contributed by atoms with Gasteiger partial charge in [-0.3, -0.25) is 0 Å². The minimum atomic E-state index is -1.13. The van der Waals surface area contributed by atoms with Gasteiger partial charge in [0, 0.05) is 11.1 Å². The molecule has 3 nitrogen and oxygen atoms in total. The van der Waals surface area contributed by atoms with Crippen molar-refractivity contribution in [3.63, 3.8) is 0 Å². The van der Waals surface area contributed by atoms with Crippen LogP contribution in [0.25, 0.3) is 11.1 Å². The van der Waals surface area contributed by atoms with Crippen molar-refractivity contribution in [1.29, 1.82) is 5.26 Å². The number of hydrogen-bond acceptors (Lipinski definition) is 2. The van der Waals surface area contributed by atoms with E-state index in [2.05, 4.69) is 0 Å². The Hall–Kier alpha value is -2.67. The molecule has 1 N–H and O–H groups in total. The zero-order chi connectivity index (χ0) is 14.7. The first-order chi connectivity index (χ1) is 9.58. The number of hydrogen-bond donors (Lipinski definition) is 1. The molecule has 0 fully saturated rings. The van der Waals surface area contributed by atoms with Gasteiger partial charge in [0.1, 0.15) is 5.82 Å². The van der Waals surface area contributed by atoms with Crippen LogP contribution in [0.4, 0.5) is 4.39 Å².